The van der Waals surface area contributed by atoms with Crippen molar-refractivity contribution in [2.75, 3.05) is 13.1 Å². The van der Waals surface area contributed by atoms with E-state index in [2.05, 4.69) is 42.7 Å². The monoisotopic (exact) mass is 296 g/mol. The molecule has 1 amide bonds. The van der Waals surface area contributed by atoms with Crippen molar-refractivity contribution in [3.05, 3.63) is 34.9 Å². The van der Waals surface area contributed by atoms with Gasteiger partial charge in [0.25, 0.3) is 0 Å². The van der Waals surface area contributed by atoms with Gasteiger partial charge in [0.15, 0.2) is 0 Å². The number of carbonyl (C=O) groups excluding carboxylic acids is 1. The van der Waals surface area contributed by atoms with Crippen LogP contribution in [0.3, 0.4) is 0 Å². The minimum Gasteiger partial charge on any atom is -0.354 e. The zero-order valence-corrected chi connectivity index (χ0v) is 13.2. The van der Waals surface area contributed by atoms with E-state index in [1.807, 2.05) is 0 Å². The number of carbonyl (C=O) groups is 1. The lowest BCUT2D eigenvalue weighted by molar-refractivity contribution is -0.120. The van der Waals surface area contributed by atoms with Crippen LogP contribution in [0.25, 0.3) is 0 Å². The molecule has 0 aromatic heterocycles. The number of fused-ring (bicyclic) bond motifs is 1. The van der Waals surface area contributed by atoms with Crippen LogP contribution in [0.2, 0.25) is 0 Å². The zero-order chi connectivity index (χ0) is 13.7. The summed E-state index contributed by atoms with van der Waals surface area (Å²) in [6, 6.07) is 6.81. The molecule has 4 heteroatoms. The maximum atomic E-state index is 11.9. The Hall–Kier alpha value is -1.06. The van der Waals surface area contributed by atoms with E-state index < -0.39 is 0 Å². The molecule has 0 saturated heterocycles. The van der Waals surface area contributed by atoms with E-state index >= 15 is 0 Å². The number of benzene rings is 1. The highest BCUT2D eigenvalue weighted by Gasteiger charge is 2.12. The SMILES string of the molecule is CCN[C@H](C)CNC(=O)Cc1ccc2c(c1)CCC2.Cl. The summed E-state index contributed by atoms with van der Waals surface area (Å²) in [5, 5.41) is 6.27. The van der Waals surface area contributed by atoms with Gasteiger partial charge < -0.3 is 10.6 Å². The van der Waals surface area contributed by atoms with E-state index in [-0.39, 0.29) is 18.3 Å². The molecule has 0 aliphatic heterocycles. The van der Waals surface area contributed by atoms with E-state index in [1.165, 1.54) is 30.4 Å². The van der Waals surface area contributed by atoms with E-state index in [0.29, 0.717) is 19.0 Å². The molecule has 0 heterocycles. The first-order chi connectivity index (χ1) is 9.19. The van der Waals surface area contributed by atoms with Crippen LogP contribution in [0.5, 0.6) is 0 Å². The molecule has 1 aliphatic rings. The Morgan fingerprint density at radius 1 is 1.30 bits per heavy atom. The first-order valence-corrected chi connectivity index (χ1v) is 7.29. The summed E-state index contributed by atoms with van der Waals surface area (Å²) in [4.78, 5) is 11.9. The van der Waals surface area contributed by atoms with Gasteiger partial charge in [-0.3, -0.25) is 4.79 Å². The molecule has 0 saturated carbocycles. The quantitative estimate of drug-likeness (QED) is 0.845. The van der Waals surface area contributed by atoms with Crippen LogP contribution in [0.4, 0.5) is 0 Å². The first kappa shape index (κ1) is 17.0. The fraction of sp³-hybridized carbons (Fsp3) is 0.562. The lowest BCUT2D eigenvalue weighted by Gasteiger charge is -2.13. The summed E-state index contributed by atoms with van der Waals surface area (Å²) >= 11 is 0. The topological polar surface area (TPSA) is 41.1 Å². The Morgan fingerprint density at radius 2 is 2.05 bits per heavy atom. The minimum absolute atomic E-state index is 0. The summed E-state index contributed by atoms with van der Waals surface area (Å²) < 4.78 is 0. The van der Waals surface area contributed by atoms with Gasteiger partial charge in [0.1, 0.15) is 0 Å². The molecular formula is C16H25ClN2O. The molecule has 0 unspecified atom stereocenters. The normalized spacial score (nSPS) is 14.3. The minimum atomic E-state index is 0. The number of rotatable bonds is 6. The average Bonchev–Trinajstić information content (AvgIpc) is 2.84. The summed E-state index contributed by atoms with van der Waals surface area (Å²) in [5.74, 6) is 0.114. The van der Waals surface area contributed by atoms with Gasteiger partial charge in [-0.2, -0.15) is 0 Å². The number of hydrogen-bond donors (Lipinski definition) is 2. The lowest BCUT2D eigenvalue weighted by Crippen LogP contribution is -2.39. The Kier molecular flexibility index (Phi) is 7.03. The van der Waals surface area contributed by atoms with Crippen LogP contribution in [0.1, 0.15) is 37.0 Å². The second kappa shape index (κ2) is 8.28. The Bertz CT molecular complexity index is 448. The van der Waals surface area contributed by atoms with Crippen LogP contribution in [0, 0.1) is 0 Å². The fourth-order valence-electron chi connectivity index (χ4n) is 2.67. The van der Waals surface area contributed by atoms with Crippen LogP contribution in [0.15, 0.2) is 18.2 Å². The molecule has 0 spiro atoms. The molecule has 0 fully saturated rings. The van der Waals surface area contributed by atoms with Crippen LogP contribution in [-0.2, 0) is 24.1 Å². The van der Waals surface area contributed by atoms with Crippen molar-refractivity contribution in [2.24, 2.45) is 0 Å². The summed E-state index contributed by atoms with van der Waals surface area (Å²) in [6.07, 6.45) is 4.11. The smallest absolute Gasteiger partial charge is 0.224 e. The maximum Gasteiger partial charge on any atom is 0.224 e. The van der Waals surface area contributed by atoms with Gasteiger partial charge in [-0.05, 0) is 49.4 Å². The number of aryl methyl sites for hydroxylation is 2. The third-order valence-electron chi connectivity index (χ3n) is 3.69. The van der Waals surface area contributed by atoms with Crippen molar-refractivity contribution in [3.8, 4) is 0 Å². The number of hydrogen-bond acceptors (Lipinski definition) is 2. The molecule has 1 aliphatic carbocycles. The number of nitrogens with one attached hydrogen (secondary N) is 2. The van der Waals surface area contributed by atoms with E-state index in [0.717, 1.165) is 12.1 Å². The van der Waals surface area contributed by atoms with Gasteiger partial charge in [0, 0.05) is 12.6 Å². The zero-order valence-electron chi connectivity index (χ0n) is 12.4. The fourth-order valence-corrected chi connectivity index (χ4v) is 2.67. The van der Waals surface area contributed by atoms with Gasteiger partial charge in [-0.15, -0.1) is 12.4 Å². The molecule has 3 nitrogen and oxygen atoms in total. The van der Waals surface area contributed by atoms with Gasteiger partial charge in [0.2, 0.25) is 5.91 Å². The third kappa shape index (κ3) is 4.80. The largest absolute Gasteiger partial charge is 0.354 e. The second-order valence-electron chi connectivity index (χ2n) is 5.40. The van der Waals surface area contributed by atoms with E-state index in [9.17, 15) is 4.79 Å². The maximum absolute atomic E-state index is 11.9. The van der Waals surface area contributed by atoms with Gasteiger partial charge in [-0.1, -0.05) is 25.1 Å². The molecule has 1 atom stereocenters. The van der Waals surface area contributed by atoms with Crippen LogP contribution < -0.4 is 10.6 Å². The van der Waals surface area contributed by atoms with Crippen molar-refractivity contribution in [3.63, 3.8) is 0 Å². The Morgan fingerprint density at radius 3 is 2.80 bits per heavy atom. The molecule has 0 radical (unpaired) electrons. The predicted molar refractivity (Wildman–Crippen MR) is 85.6 cm³/mol. The molecule has 1 aromatic carbocycles. The molecule has 112 valence electrons. The molecule has 1 aromatic rings. The second-order valence-corrected chi connectivity index (χ2v) is 5.40. The first-order valence-electron chi connectivity index (χ1n) is 7.29. The summed E-state index contributed by atoms with van der Waals surface area (Å²) in [6.45, 7) is 5.78. The number of likely N-dealkylation sites (N-methyl/N-ethyl adjacent to an activating group) is 1. The molecule has 2 N–H and O–H groups in total. The molecule has 20 heavy (non-hydrogen) atoms. The third-order valence-corrected chi connectivity index (χ3v) is 3.69. The van der Waals surface area contributed by atoms with E-state index in [4.69, 9.17) is 0 Å². The Balaban J connectivity index is 0.00000200. The van der Waals surface area contributed by atoms with Crippen molar-refractivity contribution in [1.82, 2.24) is 10.6 Å². The predicted octanol–water partition coefficient (Wildman–Crippen LogP) is 2.25. The van der Waals surface area contributed by atoms with Gasteiger partial charge in [0.05, 0.1) is 6.42 Å². The van der Waals surface area contributed by atoms with Crippen molar-refractivity contribution < 1.29 is 4.79 Å². The standard InChI is InChI=1S/C16H24N2O.ClH/c1-3-17-12(2)11-18-16(19)10-13-7-8-14-5-4-6-15(14)9-13;/h7-9,12,17H,3-6,10-11H2,1-2H3,(H,18,19);1H/t12-;/m1./s1. The highest BCUT2D eigenvalue weighted by atomic mass is 35.5. The average molecular weight is 297 g/mol. The number of amides is 1. The Labute approximate surface area is 127 Å². The van der Waals surface area contributed by atoms with Gasteiger partial charge in [-0.25, -0.2) is 0 Å². The summed E-state index contributed by atoms with van der Waals surface area (Å²) in [5.41, 5.74) is 4.03. The van der Waals surface area contributed by atoms with Crippen LogP contribution in [-0.4, -0.2) is 25.0 Å². The van der Waals surface area contributed by atoms with E-state index in [1.54, 1.807) is 0 Å². The van der Waals surface area contributed by atoms with Gasteiger partial charge >= 0.3 is 0 Å². The lowest BCUT2D eigenvalue weighted by atomic mass is 10.0. The molecule has 2 rings (SSSR count). The van der Waals surface area contributed by atoms with Crippen molar-refractivity contribution in [2.45, 2.75) is 45.6 Å². The molecule has 0 bridgehead atoms. The molecular weight excluding hydrogens is 272 g/mol. The van der Waals surface area contributed by atoms with Crippen molar-refractivity contribution in [1.29, 1.82) is 0 Å². The highest BCUT2D eigenvalue weighted by molar-refractivity contribution is 5.85. The van der Waals surface area contributed by atoms with Crippen LogP contribution >= 0.6 is 12.4 Å². The van der Waals surface area contributed by atoms with Crippen molar-refractivity contribution >= 4 is 18.3 Å². The summed E-state index contributed by atoms with van der Waals surface area (Å²) in [7, 11) is 0. The highest BCUT2D eigenvalue weighted by Crippen LogP contribution is 2.22. The number of halogens is 1.